The van der Waals surface area contributed by atoms with Crippen LogP contribution in [0.4, 0.5) is 18.2 Å². The molecule has 3 rings (SSSR count). The maximum absolute atomic E-state index is 12.7. The van der Waals surface area contributed by atoms with Crippen LogP contribution >= 0.6 is 11.3 Å². The van der Waals surface area contributed by atoms with Crippen LogP contribution in [0.15, 0.2) is 46.8 Å². The van der Waals surface area contributed by atoms with Gasteiger partial charge in [-0.15, -0.1) is 11.3 Å². The molecule has 0 bridgehead atoms. The number of piperidine rings is 1. The first-order valence-electron chi connectivity index (χ1n) is 9.37. The third-order valence-electron chi connectivity index (χ3n) is 4.64. The Morgan fingerprint density at radius 1 is 1.24 bits per heavy atom. The molecule has 1 saturated heterocycles. The molecule has 1 aromatic heterocycles. The first-order valence-corrected chi connectivity index (χ1v) is 10.3. The van der Waals surface area contributed by atoms with Crippen LogP contribution in [0, 0.1) is 11.8 Å². The fourth-order valence-corrected chi connectivity index (χ4v) is 3.91. The normalized spacial score (nSPS) is 15.6. The smallest absolute Gasteiger partial charge is 0.363 e. The Balaban J connectivity index is 1.46. The van der Waals surface area contributed by atoms with Crippen molar-refractivity contribution in [3.63, 3.8) is 0 Å². The summed E-state index contributed by atoms with van der Waals surface area (Å²) >= 11 is 1.75. The lowest BCUT2D eigenvalue weighted by atomic mass is 10.1. The number of aliphatic imine (C=N–C) groups is 1. The van der Waals surface area contributed by atoms with Crippen LogP contribution < -0.4 is 15.5 Å². The number of benzene rings is 1. The van der Waals surface area contributed by atoms with Gasteiger partial charge in [-0.25, -0.2) is 0 Å². The van der Waals surface area contributed by atoms with E-state index in [1.165, 1.54) is 11.1 Å². The predicted molar refractivity (Wildman–Crippen MR) is 112 cm³/mol. The van der Waals surface area contributed by atoms with Crippen molar-refractivity contribution in [3.8, 4) is 11.8 Å². The molecule has 0 radical (unpaired) electrons. The fraction of sp³-hybridized carbons (Fsp3) is 0.381. The second-order valence-corrected chi connectivity index (χ2v) is 7.59. The van der Waals surface area contributed by atoms with Crippen molar-refractivity contribution < 1.29 is 13.2 Å². The van der Waals surface area contributed by atoms with E-state index in [1.807, 2.05) is 0 Å². The number of nitrogens with one attached hydrogen (secondary N) is 2. The lowest BCUT2D eigenvalue weighted by molar-refractivity contribution is -0.137. The van der Waals surface area contributed by atoms with Crippen LogP contribution in [0.5, 0.6) is 0 Å². The molecule has 8 heteroatoms. The number of hydrogen-bond donors (Lipinski definition) is 2. The second-order valence-electron chi connectivity index (χ2n) is 6.66. The molecule has 0 saturated carbocycles. The number of thiophene rings is 1. The Morgan fingerprint density at radius 2 is 2.03 bits per heavy atom. The van der Waals surface area contributed by atoms with Gasteiger partial charge in [0.25, 0.3) is 0 Å². The largest absolute Gasteiger partial charge is 0.416 e. The highest BCUT2D eigenvalue weighted by Crippen LogP contribution is 2.29. The summed E-state index contributed by atoms with van der Waals surface area (Å²) in [5.41, 5.74) is -0.353. The van der Waals surface area contributed by atoms with Gasteiger partial charge in [-0.1, -0.05) is 17.9 Å². The number of anilines is 1. The monoisotopic (exact) mass is 420 g/mol. The fourth-order valence-electron chi connectivity index (χ4n) is 3.13. The first-order chi connectivity index (χ1) is 14.0. The molecule has 2 N–H and O–H groups in total. The van der Waals surface area contributed by atoms with Gasteiger partial charge < -0.3 is 15.5 Å². The van der Waals surface area contributed by atoms with Gasteiger partial charge in [0, 0.05) is 31.7 Å². The summed E-state index contributed by atoms with van der Waals surface area (Å²) in [7, 11) is 1.69. The minimum Gasteiger partial charge on any atom is -0.363 e. The quantitative estimate of drug-likeness (QED) is 0.449. The lowest BCUT2D eigenvalue weighted by Gasteiger charge is -2.33. The summed E-state index contributed by atoms with van der Waals surface area (Å²) in [6.07, 6.45) is -2.34. The van der Waals surface area contributed by atoms with Gasteiger partial charge >= 0.3 is 6.18 Å². The molecule has 2 aromatic rings. The van der Waals surface area contributed by atoms with Crippen LogP contribution in [0.3, 0.4) is 0 Å². The zero-order chi connectivity index (χ0) is 20.7. The molecule has 0 spiro atoms. The Morgan fingerprint density at radius 3 is 2.69 bits per heavy atom. The zero-order valence-electron chi connectivity index (χ0n) is 16.1. The van der Waals surface area contributed by atoms with Gasteiger partial charge in [-0.05, 0) is 48.6 Å². The number of hydrogen-bond acceptors (Lipinski definition) is 3. The van der Waals surface area contributed by atoms with E-state index >= 15 is 0 Å². The van der Waals surface area contributed by atoms with Crippen LogP contribution in [0.2, 0.25) is 0 Å². The van der Waals surface area contributed by atoms with E-state index in [4.69, 9.17) is 0 Å². The molecule has 1 aliphatic rings. The van der Waals surface area contributed by atoms with E-state index in [2.05, 4.69) is 49.9 Å². The Bertz CT molecular complexity index is 873. The maximum Gasteiger partial charge on any atom is 0.416 e. The van der Waals surface area contributed by atoms with Crippen molar-refractivity contribution >= 4 is 22.3 Å². The van der Waals surface area contributed by atoms with E-state index in [0.717, 1.165) is 38.1 Å². The molecule has 0 unspecified atom stereocenters. The van der Waals surface area contributed by atoms with Gasteiger partial charge in [-0.3, -0.25) is 4.99 Å². The Labute approximate surface area is 172 Å². The molecule has 1 fully saturated rings. The lowest BCUT2D eigenvalue weighted by Crippen LogP contribution is -2.48. The van der Waals surface area contributed by atoms with E-state index in [0.29, 0.717) is 24.1 Å². The molecule has 0 aliphatic carbocycles. The number of nitrogens with zero attached hydrogens (tertiary/aromatic N) is 2. The van der Waals surface area contributed by atoms with E-state index < -0.39 is 11.7 Å². The van der Waals surface area contributed by atoms with Crippen molar-refractivity contribution in [2.75, 3.05) is 31.6 Å². The number of guanidine groups is 1. The molecule has 1 aliphatic heterocycles. The molecular weight excluding hydrogens is 397 g/mol. The molecule has 154 valence electrons. The third kappa shape index (κ3) is 6.16. The molecule has 0 amide bonds. The van der Waals surface area contributed by atoms with Crippen LogP contribution in [-0.2, 0) is 6.18 Å². The Kier molecular flexibility index (Phi) is 7.04. The van der Waals surface area contributed by atoms with Crippen LogP contribution in [0.1, 0.15) is 24.0 Å². The average Bonchev–Trinajstić information content (AvgIpc) is 3.25. The second kappa shape index (κ2) is 9.70. The van der Waals surface area contributed by atoms with Crippen molar-refractivity contribution in [2.24, 2.45) is 4.99 Å². The standard InChI is InChI=1S/C21H23F3N4S/c1-25-20(27-18-9-12-28(13-10-18)19-8-4-14-29-19)26-11-3-6-16-5-2-7-17(15-16)21(22,23)24/h2,4-5,7-8,14-15,18H,9-13H2,1H3,(H2,25,26,27). The first kappa shape index (κ1) is 21.1. The van der Waals surface area contributed by atoms with Crippen molar-refractivity contribution in [1.29, 1.82) is 0 Å². The topological polar surface area (TPSA) is 39.7 Å². The molecule has 1 aromatic carbocycles. The highest BCUT2D eigenvalue weighted by Gasteiger charge is 2.30. The van der Waals surface area contributed by atoms with Gasteiger partial charge in [0.1, 0.15) is 0 Å². The number of halogens is 3. The minimum absolute atomic E-state index is 0.296. The SMILES string of the molecule is CN=C(NCC#Cc1cccc(C(F)(F)F)c1)NC1CCN(c2cccs2)CC1. The summed E-state index contributed by atoms with van der Waals surface area (Å²) in [6.45, 7) is 2.28. The highest BCUT2D eigenvalue weighted by molar-refractivity contribution is 7.14. The summed E-state index contributed by atoms with van der Waals surface area (Å²) in [4.78, 5) is 6.60. The minimum atomic E-state index is -4.36. The Hall–Kier alpha value is -2.66. The van der Waals surface area contributed by atoms with Gasteiger partial charge in [0.15, 0.2) is 5.96 Å². The molecule has 4 nitrogen and oxygen atoms in total. The third-order valence-corrected chi connectivity index (χ3v) is 5.57. The summed E-state index contributed by atoms with van der Waals surface area (Å²) in [6, 6.07) is 9.56. The summed E-state index contributed by atoms with van der Waals surface area (Å²) in [5.74, 6) is 6.26. The number of alkyl halides is 3. The van der Waals surface area contributed by atoms with Gasteiger partial charge in [0.2, 0.25) is 0 Å². The molecule has 29 heavy (non-hydrogen) atoms. The van der Waals surface area contributed by atoms with E-state index in [9.17, 15) is 13.2 Å². The summed E-state index contributed by atoms with van der Waals surface area (Å²) in [5, 5.41) is 9.89. The molecular formula is C21H23F3N4S. The van der Waals surface area contributed by atoms with Gasteiger partial charge in [0.05, 0.1) is 17.1 Å². The maximum atomic E-state index is 12.7. The van der Waals surface area contributed by atoms with Crippen LogP contribution in [0.25, 0.3) is 0 Å². The van der Waals surface area contributed by atoms with Crippen molar-refractivity contribution in [2.45, 2.75) is 25.1 Å². The van der Waals surface area contributed by atoms with Gasteiger partial charge in [-0.2, -0.15) is 13.2 Å². The van der Waals surface area contributed by atoms with Crippen molar-refractivity contribution in [3.05, 3.63) is 52.9 Å². The van der Waals surface area contributed by atoms with Crippen LogP contribution in [-0.4, -0.2) is 38.7 Å². The average molecular weight is 421 g/mol. The number of rotatable bonds is 3. The molecule has 2 heterocycles. The zero-order valence-corrected chi connectivity index (χ0v) is 16.9. The van der Waals surface area contributed by atoms with E-state index in [1.54, 1.807) is 24.5 Å². The molecule has 0 atom stereocenters. The van der Waals surface area contributed by atoms with E-state index in [-0.39, 0.29) is 0 Å². The predicted octanol–water partition coefficient (Wildman–Crippen LogP) is 3.95. The van der Waals surface area contributed by atoms with Crippen molar-refractivity contribution in [1.82, 2.24) is 10.6 Å². The summed E-state index contributed by atoms with van der Waals surface area (Å²) < 4.78 is 38.2. The highest BCUT2D eigenvalue weighted by atomic mass is 32.1.